The maximum absolute atomic E-state index is 10.7. The van der Waals surface area contributed by atoms with Crippen LogP contribution in [0.5, 0.6) is 17.2 Å². The second-order valence-corrected chi connectivity index (χ2v) is 6.70. The Morgan fingerprint density at radius 1 is 0.720 bits per heavy atom. The van der Waals surface area contributed by atoms with Crippen LogP contribution in [0.3, 0.4) is 0 Å². The smallest absolute Gasteiger partial charge is 0.131 e. The molecule has 0 fully saturated rings. The Bertz CT molecular complexity index is 864. The van der Waals surface area contributed by atoms with E-state index in [2.05, 4.69) is 0 Å². The molecule has 0 aromatic heterocycles. The molecule has 0 saturated heterocycles. The predicted octanol–water partition coefficient (Wildman–Crippen LogP) is 5.79. The third-order valence-electron chi connectivity index (χ3n) is 3.87. The van der Waals surface area contributed by atoms with Crippen molar-refractivity contribution >= 4 is 10.8 Å². The largest absolute Gasteiger partial charge is 0.507 e. The van der Waals surface area contributed by atoms with Crippen LogP contribution >= 0.6 is 0 Å². The highest BCUT2D eigenvalue weighted by atomic mass is 16.5. The van der Waals surface area contributed by atoms with Crippen molar-refractivity contribution in [1.82, 2.24) is 0 Å². The number of fused-ring (bicyclic) bond motifs is 1. The van der Waals surface area contributed by atoms with E-state index in [1.165, 1.54) is 0 Å². The summed E-state index contributed by atoms with van der Waals surface area (Å²) in [7, 11) is 0. The lowest BCUT2D eigenvalue weighted by atomic mass is 9.99. The first kappa shape index (κ1) is 17.2. The summed E-state index contributed by atoms with van der Waals surface area (Å²) in [6.45, 7) is 8.00. The molecule has 0 aliphatic heterocycles. The minimum absolute atomic E-state index is 0.122. The molecule has 0 spiro atoms. The van der Waals surface area contributed by atoms with Crippen LogP contribution < -0.4 is 9.47 Å². The number of hydrogen-bond acceptors (Lipinski definition) is 3. The Balaban J connectivity index is 1.96. The number of phenols is 1. The Morgan fingerprint density at radius 2 is 1.32 bits per heavy atom. The van der Waals surface area contributed by atoms with E-state index in [1.807, 2.05) is 82.3 Å². The van der Waals surface area contributed by atoms with E-state index >= 15 is 0 Å². The van der Waals surface area contributed by atoms with Gasteiger partial charge < -0.3 is 14.6 Å². The first-order chi connectivity index (χ1) is 11.9. The molecule has 0 aliphatic carbocycles. The van der Waals surface area contributed by atoms with E-state index in [9.17, 15) is 5.11 Å². The SMILES string of the molecule is CC(C)Oc1ccc(-c2ccc3cc(OC(C)C)ccc3c2O)cc1. The highest BCUT2D eigenvalue weighted by Gasteiger charge is 2.10. The van der Waals surface area contributed by atoms with Crippen LogP contribution in [0.15, 0.2) is 54.6 Å². The van der Waals surface area contributed by atoms with Crippen molar-refractivity contribution in [3.63, 3.8) is 0 Å². The van der Waals surface area contributed by atoms with Gasteiger partial charge in [0, 0.05) is 10.9 Å². The van der Waals surface area contributed by atoms with Crippen LogP contribution in [0, 0.1) is 0 Å². The topological polar surface area (TPSA) is 38.7 Å². The number of benzene rings is 3. The number of ether oxygens (including phenoxy) is 2. The highest BCUT2D eigenvalue weighted by Crippen LogP contribution is 2.37. The van der Waals surface area contributed by atoms with E-state index in [-0.39, 0.29) is 18.0 Å². The number of phenolic OH excluding ortho intramolecular Hbond substituents is 1. The molecule has 0 bridgehead atoms. The minimum atomic E-state index is 0.122. The van der Waals surface area contributed by atoms with Gasteiger partial charge in [-0.1, -0.05) is 24.3 Å². The van der Waals surface area contributed by atoms with Gasteiger partial charge in [-0.15, -0.1) is 0 Å². The fourth-order valence-corrected chi connectivity index (χ4v) is 2.86. The summed E-state index contributed by atoms with van der Waals surface area (Å²) in [5, 5.41) is 12.5. The standard InChI is InChI=1S/C22H24O3/c1-14(2)24-18-8-5-16(6-9-18)20-11-7-17-13-19(25-15(3)4)10-12-21(17)22(20)23/h5-15,23H,1-4H3. The molecule has 0 unspecified atom stereocenters. The van der Waals surface area contributed by atoms with Crippen molar-refractivity contribution < 1.29 is 14.6 Å². The lowest BCUT2D eigenvalue weighted by Gasteiger charge is -2.13. The minimum Gasteiger partial charge on any atom is -0.507 e. The molecule has 0 atom stereocenters. The van der Waals surface area contributed by atoms with Gasteiger partial charge in [0.15, 0.2) is 0 Å². The van der Waals surface area contributed by atoms with Crippen LogP contribution in [-0.4, -0.2) is 17.3 Å². The molecule has 3 heteroatoms. The molecule has 3 aromatic rings. The Kier molecular flexibility index (Phi) is 4.84. The summed E-state index contributed by atoms with van der Waals surface area (Å²) in [5.74, 6) is 1.92. The first-order valence-electron chi connectivity index (χ1n) is 8.63. The van der Waals surface area contributed by atoms with E-state index in [0.29, 0.717) is 0 Å². The molecule has 3 nitrogen and oxygen atoms in total. The van der Waals surface area contributed by atoms with Gasteiger partial charge in [-0.25, -0.2) is 0 Å². The molecule has 0 amide bonds. The van der Waals surface area contributed by atoms with Crippen LogP contribution in [0.2, 0.25) is 0 Å². The zero-order valence-electron chi connectivity index (χ0n) is 15.1. The van der Waals surface area contributed by atoms with Crippen LogP contribution in [0.4, 0.5) is 0 Å². The molecule has 0 saturated carbocycles. The summed E-state index contributed by atoms with van der Waals surface area (Å²) in [6, 6.07) is 17.5. The van der Waals surface area contributed by atoms with Gasteiger partial charge in [0.25, 0.3) is 0 Å². The quantitative estimate of drug-likeness (QED) is 0.641. The van der Waals surface area contributed by atoms with Crippen molar-refractivity contribution in [3.05, 3.63) is 54.6 Å². The lowest BCUT2D eigenvalue weighted by molar-refractivity contribution is 0.242. The van der Waals surface area contributed by atoms with Crippen molar-refractivity contribution in [1.29, 1.82) is 0 Å². The molecular weight excluding hydrogens is 312 g/mol. The summed E-state index contributed by atoms with van der Waals surface area (Å²) in [6.07, 6.45) is 0.263. The fraction of sp³-hybridized carbons (Fsp3) is 0.273. The maximum atomic E-state index is 10.7. The molecule has 0 aliphatic rings. The summed E-state index contributed by atoms with van der Waals surface area (Å²) < 4.78 is 11.4. The molecular formula is C22H24O3. The molecule has 3 aromatic carbocycles. The van der Waals surface area contributed by atoms with Gasteiger partial charge in [-0.3, -0.25) is 0 Å². The molecule has 0 heterocycles. The van der Waals surface area contributed by atoms with Gasteiger partial charge in [-0.05, 0) is 69.0 Å². The number of hydrogen-bond donors (Lipinski definition) is 1. The summed E-state index contributed by atoms with van der Waals surface area (Å²) in [5.41, 5.74) is 1.76. The average Bonchev–Trinajstić information content (AvgIpc) is 2.55. The van der Waals surface area contributed by atoms with E-state index < -0.39 is 0 Å². The van der Waals surface area contributed by atoms with Crippen molar-refractivity contribution in [2.24, 2.45) is 0 Å². The van der Waals surface area contributed by atoms with Crippen molar-refractivity contribution in [2.45, 2.75) is 39.9 Å². The van der Waals surface area contributed by atoms with Gasteiger partial charge in [0.1, 0.15) is 17.2 Å². The zero-order valence-corrected chi connectivity index (χ0v) is 15.1. The second-order valence-electron chi connectivity index (χ2n) is 6.70. The first-order valence-corrected chi connectivity index (χ1v) is 8.63. The zero-order chi connectivity index (χ0) is 18.0. The average molecular weight is 336 g/mol. The van der Waals surface area contributed by atoms with Crippen LogP contribution in [0.1, 0.15) is 27.7 Å². The fourth-order valence-electron chi connectivity index (χ4n) is 2.86. The maximum Gasteiger partial charge on any atom is 0.131 e. The summed E-state index contributed by atoms with van der Waals surface area (Å²) in [4.78, 5) is 0. The molecule has 130 valence electrons. The van der Waals surface area contributed by atoms with E-state index in [0.717, 1.165) is 33.4 Å². The third-order valence-corrected chi connectivity index (χ3v) is 3.87. The summed E-state index contributed by atoms with van der Waals surface area (Å²) >= 11 is 0. The van der Waals surface area contributed by atoms with Gasteiger partial charge in [-0.2, -0.15) is 0 Å². The van der Waals surface area contributed by atoms with Gasteiger partial charge in [0.05, 0.1) is 12.2 Å². The monoisotopic (exact) mass is 336 g/mol. The van der Waals surface area contributed by atoms with Gasteiger partial charge in [0.2, 0.25) is 0 Å². The molecule has 0 radical (unpaired) electrons. The number of aromatic hydroxyl groups is 1. The van der Waals surface area contributed by atoms with E-state index in [4.69, 9.17) is 9.47 Å². The Hall–Kier alpha value is -2.68. The predicted molar refractivity (Wildman–Crippen MR) is 103 cm³/mol. The molecule has 25 heavy (non-hydrogen) atoms. The Labute approximate surface area is 148 Å². The van der Waals surface area contributed by atoms with Gasteiger partial charge >= 0.3 is 0 Å². The van der Waals surface area contributed by atoms with Crippen LogP contribution in [0.25, 0.3) is 21.9 Å². The number of rotatable bonds is 5. The van der Waals surface area contributed by atoms with Crippen LogP contribution in [-0.2, 0) is 0 Å². The molecule has 3 rings (SSSR count). The Morgan fingerprint density at radius 3 is 1.96 bits per heavy atom. The van der Waals surface area contributed by atoms with E-state index in [1.54, 1.807) is 0 Å². The lowest BCUT2D eigenvalue weighted by Crippen LogP contribution is -2.05. The van der Waals surface area contributed by atoms with Crippen molar-refractivity contribution in [3.8, 4) is 28.4 Å². The second kappa shape index (κ2) is 7.06. The van der Waals surface area contributed by atoms with Crippen molar-refractivity contribution in [2.75, 3.05) is 0 Å². The highest BCUT2D eigenvalue weighted by molar-refractivity contribution is 5.95. The normalized spacial score (nSPS) is 11.3. The molecule has 1 N–H and O–H groups in total. The third kappa shape index (κ3) is 3.87.